The van der Waals surface area contributed by atoms with E-state index in [-0.39, 0.29) is 58.5 Å². The van der Waals surface area contributed by atoms with Crippen LogP contribution in [0.3, 0.4) is 0 Å². The number of aldehydes is 2. The average Bonchev–Trinajstić information content (AvgIpc) is 3.02. The van der Waals surface area contributed by atoms with Crippen molar-refractivity contribution in [3.63, 3.8) is 0 Å². The Labute approximate surface area is 233 Å². The van der Waals surface area contributed by atoms with Crippen molar-refractivity contribution in [2.45, 2.75) is 13.2 Å². The summed E-state index contributed by atoms with van der Waals surface area (Å²) in [5.41, 5.74) is 2.79. The van der Waals surface area contributed by atoms with E-state index in [0.29, 0.717) is 24.1 Å². The molecule has 0 amide bonds. The Morgan fingerprint density at radius 3 is 1.20 bits per heavy atom. The van der Waals surface area contributed by atoms with Gasteiger partial charge in [0.2, 0.25) is 11.5 Å². The number of ether oxygens (including phenoxy) is 6. The van der Waals surface area contributed by atoms with E-state index < -0.39 is 0 Å². The maximum Gasteiger partial charge on any atom is 0.204 e. The molecule has 0 saturated carbocycles. The van der Waals surface area contributed by atoms with E-state index in [1.807, 2.05) is 60.7 Å². The van der Waals surface area contributed by atoms with Gasteiger partial charge >= 0.3 is 0 Å². The molecule has 0 N–H and O–H groups in total. The summed E-state index contributed by atoms with van der Waals surface area (Å²) < 4.78 is 35.1. The van der Waals surface area contributed by atoms with Crippen molar-refractivity contribution in [1.29, 1.82) is 0 Å². The van der Waals surface area contributed by atoms with Crippen LogP contribution in [0.2, 0.25) is 0 Å². The molecule has 0 unspecified atom stereocenters. The minimum atomic E-state index is 0.193. The van der Waals surface area contributed by atoms with Crippen molar-refractivity contribution in [2.24, 2.45) is 0 Å². The number of rotatable bonds is 13. The first kappa shape index (κ1) is 28.0. The van der Waals surface area contributed by atoms with Gasteiger partial charge in [0.1, 0.15) is 13.2 Å². The zero-order valence-electron chi connectivity index (χ0n) is 22.8. The number of methoxy groups -OCH3 is 4. The average molecular weight is 543 g/mol. The Bertz CT molecular complexity index is 1350. The van der Waals surface area contributed by atoms with E-state index in [9.17, 15) is 9.59 Å². The Morgan fingerprint density at radius 2 is 0.900 bits per heavy atom. The summed E-state index contributed by atoms with van der Waals surface area (Å²) in [7, 11) is 5.84. The standard InChI is InChI=1S/C32H30O8/c1-35-25-15-23(17-33)27(31(37-3)29(25)39-19-21-11-7-5-8-12-21)28-24(18-34)16-26(36-2)30(32(28)38-4)40-20-22-13-9-6-10-14-22/h5-18H,19-20H2,1-4H3. The monoisotopic (exact) mass is 542 g/mol. The topological polar surface area (TPSA) is 89.5 Å². The van der Waals surface area contributed by atoms with Gasteiger partial charge in [0.25, 0.3) is 0 Å². The fraction of sp³-hybridized carbons (Fsp3) is 0.188. The predicted molar refractivity (Wildman–Crippen MR) is 150 cm³/mol. The summed E-state index contributed by atoms with van der Waals surface area (Å²) in [5.74, 6) is 1.49. The van der Waals surface area contributed by atoms with E-state index >= 15 is 0 Å². The van der Waals surface area contributed by atoms with Crippen molar-refractivity contribution in [1.82, 2.24) is 0 Å². The van der Waals surface area contributed by atoms with Gasteiger partial charge in [-0.05, 0) is 23.3 Å². The molecule has 0 spiro atoms. The van der Waals surface area contributed by atoms with Crippen LogP contribution in [0.4, 0.5) is 0 Å². The number of hydrogen-bond acceptors (Lipinski definition) is 8. The fourth-order valence-corrected chi connectivity index (χ4v) is 4.40. The van der Waals surface area contributed by atoms with Crippen molar-refractivity contribution < 1.29 is 38.0 Å². The Morgan fingerprint density at radius 1 is 0.525 bits per heavy atom. The van der Waals surface area contributed by atoms with E-state index in [0.717, 1.165) is 11.1 Å². The largest absolute Gasteiger partial charge is 0.493 e. The van der Waals surface area contributed by atoms with Crippen molar-refractivity contribution in [3.05, 3.63) is 95.1 Å². The van der Waals surface area contributed by atoms with Crippen molar-refractivity contribution >= 4 is 12.6 Å². The first-order valence-electron chi connectivity index (χ1n) is 12.4. The van der Waals surface area contributed by atoms with Gasteiger partial charge in [0, 0.05) is 22.3 Å². The first-order chi connectivity index (χ1) is 19.6. The molecule has 0 aromatic heterocycles. The molecule has 0 aliphatic heterocycles. The molecule has 0 aliphatic carbocycles. The highest BCUT2D eigenvalue weighted by molar-refractivity contribution is 6.02. The minimum absolute atomic E-state index is 0.193. The maximum absolute atomic E-state index is 12.4. The molecular weight excluding hydrogens is 512 g/mol. The molecule has 4 rings (SSSR count). The van der Waals surface area contributed by atoms with Gasteiger partial charge in [-0.3, -0.25) is 9.59 Å². The van der Waals surface area contributed by atoms with E-state index in [2.05, 4.69) is 0 Å². The van der Waals surface area contributed by atoms with Gasteiger partial charge in [-0.1, -0.05) is 60.7 Å². The van der Waals surface area contributed by atoms with Gasteiger partial charge in [0.15, 0.2) is 35.6 Å². The molecule has 0 atom stereocenters. The molecule has 8 nitrogen and oxygen atoms in total. The van der Waals surface area contributed by atoms with E-state index in [4.69, 9.17) is 28.4 Å². The number of carbonyl (C=O) groups excluding carboxylic acids is 2. The third-order valence-electron chi connectivity index (χ3n) is 6.27. The predicted octanol–water partition coefficient (Wildman–Crippen LogP) is 6.17. The molecule has 0 heterocycles. The van der Waals surface area contributed by atoms with Crippen LogP contribution in [0.25, 0.3) is 11.1 Å². The van der Waals surface area contributed by atoms with Crippen molar-refractivity contribution in [3.8, 4) is 45.6 Å². The minimum Gasteiger partial charge on any atom is -0.493 e. The first-order valence-corrected chi connectivity index (χ1v) is 12.4. The summed E-state index contributed by atoms with van der Waals surface area (Å²) in [5, 5.41) is 0. The van der Waals surface area contributed by atoms with Crippen LogP contribution in [0.15, 0.2) is 72.8 Å². The van der Waals surface area contributed by atoms with Gasteiger partial charge in [0.05, 0.1) is 28.4 Å². The van der Waals surface area contributed by atoms with E-state index in [1.54, 1.807) is 0 Å². The quantitative estimate of drug-likeness (QED) is 0.185. The second-order valence-corrected chi connectivity index (χ2v) is 8.60. The normalized spacial score (nSPS) is 10.4. The molecule has 40 heavy (non-hydrogen) atoms. The van der Waals surface area contributed by atoms with Crippen LogP contribution >= 0.6 is 0 Å². The van der Waals surface area contributed by atoms with Crippen LogP contribution < -0.4 is 28.4 Å². The molecular formula is C32H30O8. The lowest BCUT2D eigenvalue weighted by molar-refractivity contribution is 0.111. The molecule has 0 saturated heterocycles. The lowest BCUT2D eigenvalue weighted by atomic mass is 9.92. The number of hydrogen-bond donors (Lipinski definition) is 0. The van der Waals surface area contributed by atoms with Crippen LogP contribution in [-0.2, 0) is 13.2 Å². The molecule has 4 aromatic rings. The van der Waals surface area contributed by atoms with Crippen LogP contribution in [0.1, 0.15) is 31.8 Å². The lowest BCUT2D eigenvalue weighted by Crippen LogP contribution is -2.07. The molecule has 4 aromatic carbocycles. The second-order valence-electron chi connectivity index (χ2n) is 8.60. The molecule has 0 fully saturated rings. The summed E-state index contributed by atoms with van der Waals surface area (Å²) >= 11 is 0. The SMILES string of the molecule is COc1cc(C=O)c(-c2c(C=O)cc(OC)c(OCc3ccccc3)c2OC)c(OC)c1OCc1ccccc1. The maximum atomic E-state index is 12.4. The molecule has 0 radical (unpaired) electrons. The highest BCUT2D eigenvalue weighted by Crippen LogP contribution is 2.53. The summed E-state index contributed by atoms with van der Waals surface area (Å²) in [4.78, 5) is 24.8. The highest BCUT2D eigenvalue weighted by atomic mass is 16.5. The summed E-state index contributed by atoms with van der Waals surface area (Å²) in [6.07, 6.45) is 1.31. The molecule has 8 heteroatoms. The molecule has 0 aliphatic rings. The Hall–Kier alpha value is -4.98. The fourth-order valence-electron chi connectivity index (χ4n) is 4.40. The third-order valence-corrected chi connectivity index (χ3v) is 6.27. The van der Waals surface area contributed by atoms with Crippen LogP contribution in [0.5, 0.6) is 34.5 Å². The van der Waals surface area contributed by atoms with E-state index in [1.165, 1.54) is 40.6 Å². The van der Waals surface area contributed by atoms with Gasteiger partial charge in [-0.15, -0.1) is 0 Å². The molecule has 206 valence electrons. The van der Waals surface area contributed by atoms with Gasteiger partial charge in [-0.25, -0.2) is 0 Å². The molecule has 0 bridgehead atoms. The van der Waals surface area contributed by atoms with Gasteiger partial charge in [-0.2, -0.15) is 0 Å². The summed E-state index contributed by atoms with van der Waals surface area (Å²) in [6.45, 7) is 0.415. The Balaban J connectivity index is 1.95. The second kappa shape index (κ2) is 13.2. The zero-order chi connectivity index (χ0) is 28.5. The Kier molecular flexibility index (Phi) is 9.25. The highest BCUT2D eigenvalue weighted by Gasteiger charge is 2.30. The van der Waals surface area contributed by atoms with Crippen LogP contribution in [-0.4, -0.2) is 41.0 Å². The number of benzene rings is 4. The van der Waals surface area contributed by atoms with Gasteiger partial charge < -0.3 is 28.4 Å². The number of carbonyl (C=O) groups is 2. The van der Waals surface area contributed by atoms with Crippen molar-refractivity contribution in [2.75, 3.05) is 28.4 Å². The smallest absolute Gasteiger partial charge is 0.204 e. The summed E-state index contributed by atoms with van der Waals surface area (Å²) in [6, 6.07) is 22.2. The zero-order valence-corrected chi connectivity index (χ0v) is 22.8. The van der Waals surface area contributed by atoms with Crippen LogP contribution in [0, 0.1) is 0 Å². The third kappa shape index (κ3) is 5.71. The lowest BCUT2D eigenvalue weighted by Gasteiger charge is -2.23.